The van der Waals surface area contributed by atoms with Crippen molar-refractivity contribution in [1.29, 1.82) is 0 Å². The lowest BCUT2D eigenvalue weighted by molar-refractivity contribution is 0.875. The minimum Gasteiger partial charge on any atom is -0.354 e. The van der Waals surface area contributed by atoms with Gasteiger partial charge >= 0.3 is 0 Å². The van der Waals surface area contributed by atoms with Gasteiger partial charge in [0, 0.05) is 6.04 Å². The highest BCUT2D eigenvalue weighted by Crippen LogP contribution is 2.26. The molecule has 2 aromatic rings. The van der Waals surface area contributed by atoms with Gasteiger partial charge in [-0.25, -0.2) is 4.98 Å². The largest absolute Gasteiger partial charge is 0.354 e. The fraction of sp³-hybridized carbons (Fsp3) is 0.273. The maximum atomic E-state index is 11.9. The average molecular weight is 272 g/mol. The van der Waals surface area contributed by atoms with Crippen LogP contribution in [0.25, 0.3) is 10.9 Å². The highest BCUT2D eigenvalue weighted by Gasteiger charge is 2.11. The summed E-state index contributed by atoms with van der Waals surface area (Å²) in [5, 5.41) is 4.08. The molecule has 2 rings (SSSR count). The Morgan fingerprint density at radius 2 is 1.94 bits per heavy atom. The molecule has 90 valence electrons. The normalized spacial score (nSPS) is 11.1. The van der Waals surface area contributed by atoms with Crippen molar-refractivity contribution in [2.75, 3.05) is 5.32 Å². The van der Waals surface area contributed by atoms with Gasteiger partial charge in [0.1, 0.15) is 0 Å². The summed E-state index contributed by atoms with van der Waals surface area (Å²) in [4.78, 5) is 18.8. The monoisotopic (exact) mass is 271 g/mol. The fourth-order valence-electron chi connectivity index (χ4n) is 1.52. The van der Waals surface area contributed by atoms with E-state index in [0.29, 0.717) is 26.9 Å². The van der Waals surface area contributed by atoms with Crippen molar-refractivity contribution in [3.63, 3.8) is 0 Å². The molecule has 0 fully saturated rings. The first-order chi connectivity index (χ1) is 7.99. The first-order valence-electron chi connectivity index (χ1n) is 5.13. The summed E-state index contributed by atoms with van der Waals surface area (Å²) in [6.45, 7) is 3.90. The summed E-state index contributed by atoms with van der Waals surface area (Å²) in [6, 6.07) is 3.37. The Balaban J connectivity index is 2.73. The van der Waals surface area contributed by atoms with Gasteiger partial charge in [-0.05, 0) is 26.0 Å². The van der Waals surface area contributed by atoms with Crippen LogP contribution in [0.5, 0.6) is 0 Å². The van der Waals surface area contributed by atoms with Gasteiger partial charge in [-0.2, -0.15) is 0 Å². The molecule has 4 nitrogen and oxygen atoms in total. The van der Waals surface area contributed by atoms with Crippen LogP contribution in [0.3, 0.4) is 0 Å². The van der Waals surface area contributed by atoms with Crippen LogP contribution in [0.1, 0.15) is 13.8 Å². The molecule has 0 amide bonds. The third-order valence-corrected chi connectivity index (χ3v) is 2.81. The third kappa shape index (κ3) is 2.37. The lowest BCUT2D eigenvalue weighted by Gasteiger charge is -2.10. The average Bonchev–Trinajstić information content (AvgIpc) is 2.22. The molecule has 17 heavy (non-hydrogen) atoms. The quantitative estimate of drug-likeness (QED) is 0.883. The molecule has 2 N–H and O–H groups in total. The van der Waals surface area contributed by atoms with Crippen LogP contribution in [0.4, 0.5) is 5.95 Å². The molecule has 0 saturated heterocycles. The number of fused-ring (bicyclic) bond motifs is 1. The van der Waals surface area contributed by atoms with E-state index in [1.165, 1.54) is 0 Å². The Labute approximate surface area is 108 Å². The predicted molar refractivity (Wildman–Crippen MR) is 71.1 cm³/mol. The Morgan fingerprint density at radius 1 is 1.29 bits per heavy atom. The number of aromatic nitrogens is 2. The molecule has 0 aliphatic rings. The molecule has 1 aromatic carbocycles. The molecule has 1 aromatic heterocycles. The molecule has 0 radical (unpaired) electrons. The van der Waals surface area contributed by atoms with E-state index in [1.807, 2.05) is 13.8 Å². The molecule has 0 bridgehead atoms. The number of nitrogens with one attached hydrogen (secondary N) is 2. The van der Waals surface area contributed by atoms with Gasteiger partial charge in [-0.1, -0.05) is 23.2 Å². The number of aromatic amines is 1. The highest BCUT2D eigenvalue weighted by atomic mass is 35.5. The van der Waals surface area contributed by atoms with Gasteiger partial charge < -0.3 is 5.32 Å². The number of benzene rings is 1. The second kappa shape index (κ2) is 4.55. The first-order valence-corrected chi connectivity index (χ1v) is 5.89. The first kappa shape index (κ1) is 12.2. The van der Waals surface area contributed by atoms with Crippen LogP contribution in [0, 0.1) is 0 Å². The lowest BCUT2D eigenvalue weighted by Crippen LogP contribution is -2.18. The summed E-state index contributed by atoms with van der Waals surface area (Å²) in [6.07, 6.45) is 0. The van der Waals surface area contributed by atoms with Gasteiger partial charge in [-0.15, -0.1) is 0 Å². The molecule has 0 spiro atoms. The van der Waals surface area contributed by atoms with E-state index in [-0.39, 0.29) is 11.6 Å². The molecule has 6 heteroatoms. The van der Waals surface area contributed by atoms with E-state index in [1.54, 1.807) is 12.1 Å². The van der Waals surface area contributed by atoms with Crippen LogP contribution in [-0.2, 0) is 0 Å². The molecule has 0 saturated carbocycles. The van der Waals surface area contributed by atoms with Crippen molar-refractivity contribution >= 4 is 40.1 Å². The standard InChI is InChI=1S/C11H11Cl2N3O/c1-5(2)14-11-15-9-7(13)4-3-6(12)8(9)10(17)16-11/h3-5H,1-2H3,(H2,14,15,16,17). The van der Waals surface area contributed by atoms with E-state index in [0.717, 1.165) is 0 Å². The predicted octanol–water partition coefficient (Wildman–Crippen LogP) is 3.05. The van der Waals surface area contributed by atoms with E-state index in [4.69, 9.17) is 23.2 Å². The second-order valence-corrected chi connectivity index (χ2v) is 4.78. The maximum absolute atomic E-state index is 11.9. The Kier molecular flexibility index (Phi) is 3.26. The lowest BCUT2D eigenvalue weighted by atomic mass is 10.2. The van der Waals surface area contributed by atoms with E-state index in [2.05, 4.69) is 15.3 Å². The number of anilines is 1. The van der Waals surface area contributed by atoms with E-state index >= 15 is 0 Å². The molecule has 0 atom stereocenters. The maximum Gasteiger partial charge on any atom is 0.261 e. The number of hydrogen-bond acceptors (Lipinski definition) is 3. The van der Waals surface area contributed by atoms with E-state index < -0.39 is 0 Å². The van der Waals surface area contributed by atoms with Crippen molar-refractivity contribution in [1.82, 2.24) is 9.97 Å². The van der Waals surface area contributed by atoms with Gasteiger partial charge in [0.25, 0.3) is 5.56 Å². The van der Waals surface area contributed by atoms with E-state index in [9.17, 15) is 4.79 Å². The number of rotatable bonds is 2. The molecule has 0 aliphatic carbocycles. The third-order valence-electron chi connectivity index (χ3n) is 2.19. The summed E-state index contributed by atoms with van der Waals surface area (Å²) in [5.74, 6) is 0.390. The van der Waals surface area contributed by atoms with Crippen LogP contribution < -0.4 is 10.9 Å². The van der Waals surface area contributed by atoms with Gasteiger partial charge in [0.2, 0.25) is 5.95 Å². The Morgan fingerprint density at radius 3 is 2.59 bits per heavy atom. The zero-order valence-electron chi connectivity index (χ0n) is 9.34. The van der Waals surface area contributed by atoms with Gasteiger partial charge in [0.15, 0.2) is 0 Å². The topological polar surface area (TPSA) is 57.8 Å². The van der Waals surface area contributed by atoms with Crippen molar-refractivity contribution in [2.24, 2.45) is 0 Å². The van der Waals surface area contributed by atoms with Gasteiger partial charge in [0.05, 0.1) is 20.9 Å². The number of H-pyrrole nitrogens is 1. The highest BCUT2D eigenvalue weighted by molar-refractivity contribution is 6.39. The molecular weight excluding hydrogens is 261 g/mol. The van der Waals surface area contributed by atoms with Crippen molar-refractivity contribution in [2.45, 2.75) is 19.9 Å². The summed E-state index contributed by atoms with van der Waals surface area (Å²) in [5.41, 5.74) is 0.108. The zero-order chi connectivity index (χ0) is 12.6. The number of hydrogen-bond donors (Lipinski definition) is 2. The molecule has 0 unspecified atom stereocenters. The van der Waals surface area contributed by atoms with Crippen molar-refractivity contribution < 1.29 is 0 Å². The molecule has 0 aliphatic heterocycles. The summed E-state index contributed by atoms with van der Waals surface area (Å²) < 4.78 is 0. The second-order valence-electron chi connectivity index (χ2n) is 3.97. The van der Waals surface area contributed by atoms with Crippen molar-refractivity contribution in [3.05, 3.63) is 32.5 Å². The van der Waals surface area contributed by atoms with Gasteiger partial charge in [-0.3, -0.25) is 9.78 Å². The van der Waals surface area contributed by atoms with Crippen LogP contribution in [0.15, 0.2) is 16.9 Å². The van der Waals surface area contributed by atoms with Crippen LogP contribution >= 0.6 is 23.2 Å². The number of nitrogens with zero attached hydrogens (tertiary/aromatic N) is 1. The van der Waals surface area contributed by atoms with Crippen LogP contribution in [-0.4, -0.2) is 16.0 Å². The SMILES string of the molecule is CC(C)Nc1nc2c(Cl)ccc(Cl)c2c(=O)[nH]1. The van der Waals surface area contributed by atoms with Crippen LogP contribution in [0.2, 0.25) is 10.0 Å². The zero-order valence-corrected chi connectivity index (χ0v) is 10.9. The summed E-state index contributed by atoms with van der Waals surface area (Å²) in [7, 11) is 0. The minimum atomic E-state index is -0.300. The fourth-order valence-corrected chi connectivity index (χ4v) is 1.96. The van der Waals surface area contributed by atoms with Crippen molar-refractivity contribution in [3.8, 4) is 0 Å². The molecule has 1 heterocycles. The Bertz CT molecular complexity index is 622. The Hall–Kier alpha value is -1.26. The minimum absolute atomic E-state index is 0.161. The number of halogens is 2. The molecular formula is C11H11Cl2N3O. The smallest absolute Gasteiger partial charge is 0.261 e. The summed E-state index contributed by atoms with van der Waals surface area (Å²) >= 11 is 12.0.